The van der Waals surface area contributed by atoms with E-state index >= 15 is 0 Å². The van der Waals surface area contributed by atoms with Crippen molar-refractivity contribution in [2.24, 2.45) is 0 Å². The van der Waals surface area contributed by atoms with E-state index in [9.17, 15) is 10.1 Å². The second-order valence-corrected chi connectivity index (χ2v) is 6.27. The highest BCUT2D eigenvalue weighted by Crippen LogP contribution is 2.24. The molecule has 0 aromatic heterocycles. The first-order valence-corrected chi connectivity index (χ1v) is 9.04. The summed E-state index contributed by atoms with van der Waals surface area (Å²) in [6, 6.07) is 17.9. The second kappa shape index (κ2) is 10.4. The van der Waals surface area contributed by atoms with Gasteiger partial charge in [-0.05, 0) is 29.2 Å². The van der Waals surface area contributed by atoms with Crippen molar-refractivity contribution in [1.82, 2.24) is 4.90 Å². The minimum atomic E-state index is 0.169. The van der Waals surface area contributed by atoms with E-state index in [0.29, 0.717) is 31.7 Å². The molecule has 0 radical (unpaired) electrons. The SMILES string of the molecule is CCCCC(=O)N(CCOC)Cc1ccc(-c2ccccc2C#N)cc1. The summed E-state index contributed by atoms with van der Waals surface area (Å²) < 4.78 is 5.14. The maximum atomic E-state index is 12.4. The number of benzene rings is 2. The van der Waals surface area contributed by atoms with Gasteiger partial charge in [0.1, 0.15) is 0 Å². The van der Waals surface area contributed by atoms with Crippen LogP contribution >= 0.6 is 0 Å². The van der Waals surface area contributed by atoms with Crippen molar-refractivity contribution in [2.75, 3.05) is 20.3 Å². The van der Waals surface area contributed by atoms with Gasteiger partial charge < -0.3 is 9.64 Å². The average Bonchev–Trinajstić information content (AvgIpc) is 2.69. The topological polar surface area (TPSA) is 53.3 Å². The highest BCUT2D eigenvalue weighted by molar-refractivity contribution is 5.76. The van der Waals surface area contributed by atoms with Crippen LogP contribution in [0.2, 0.25) is 0 Å². The van der Waals surface area contributed by atoms with E-state index in [4.69, 9.17) is 4.74 Å². The molecule has 0 saturated carbocycles. The van der Waals surface area contributed by atoms with E-state index in [0.717, 1.165) is 29.5 Å². The molecule has 0 aliphatic carbocycles. The molecule has 0 atom stereocenters. The van der Waals surface area contributed by atoms with Gasteiger partial charge >= 0.3 is 0 Å². The number of nitrogens with zero attached hydrogens (tertiary/aromatic N) is 2. The van der Waals surface area contributed by atoms with Gasteiger partial charge in [-0.25, -0.2) is 0 Å². The molecule has 136 valence electrons. The summed E-state index contributed by atoms with van der Waals surface area (Å²) in [7, 11) is 1.65. The molecule has 0 aliphatic heterocycles. The molecule has 0 heterocycles. The van der Waals surface area contributed by atoms with Crippen LogP contribution in [0.4, 0.5) is 0 Å². The van der Waals surface area contributed by atoms with Gasteiger partial charge in [0.25, 0.3) is 0 Å². The molecule has 4 nitrogen and oxygen atoms in total. The summed E-state index contributed by atoms with van der Waals surface area (Å²) in [5.74, 6) is 0.169. The number of rotatable bonds is 9. The first-order valence-electron chi connectivity index (χ1n) is 9.04. The summed E-state index contributed by atoms with van der Waals surface area (Å²) in [6.45, 7) is 3.79. The maximum Gasteiger partial charge on any atom is 0.222 e. The van der Waals surface area contributed by atoms with Gasteiger partial charge in [-0.1, -0.05) is 55.8 Å². The van der Waals surface area contributed by atoms with Crippen molar-refractivity contribution in [2.45, 2.75) is 32.7 Å². The Hall–Kier alpha value is -2.64. The van der Waals surface area contributed by atoms with Gasteiger partial charge in [0.2, 0.25) is 5.91 Å². The number of carbonyl (C=O) groups is 1. The van der Waals surface area contributed by atoms with E-state index in [1.165, 1.54) is 0 Å². The number of hydrogen-bond acceptors (Lipinski definition) is 3. The molecule has 0 N–H and O–H groups in total. The van der Waals surface area contributed by atoms with Crippen LogP contribution < -0.4 is 0 Å². The van der Waals surface area contributed by atoms with E-state index in [1.54, 1.807) is 7.11 Å². The molecule has 0 unspecified atom stereocenters. The standard InChI is InChI=1S/C22H26N2O2/c1-3-4-9-22(25)24(14-15-26-2)17-18-10-12-19(13-11-18)21-8-6-5-7-20(21)16-23/h5-8,10-13H,3-4,9,14-15,17H2,1-2H3. The molecule has 2 aromatic rings. The van der Waals surface area contributed by atoms with Crippen LogP contribution in [-0.4, -0.2) is 31.1 Å². The Morgan fingerprint density at radius 3 is 2.54 bits per heavy atom. The van der Waals surface area contributed by atoms with E-state index in [2.05, 4.69) is 13.0 Å². The van der Waals surface area contributed by atoms with Crippen molar-refractivity contribution in [1.29, 1.82) is 5.26 Å². The maximum absolute atomic E-state index is 12.4. The first kappa shape index (κ1) is 19.7. The molecule has 2 rings (SSSR count). The normalized spacial score (nSPS) is 10.3. The zero-order chi connectivity index (χ0) is 18.8. The summed E-state index contributed by atoms with van der Waals surface area (Å²) in [5.41, 5.74) is 3.67. The predicted molar refractivity (Wildman–Crippen MR) is 103 cm³/mol. The van der Waals surface area contributed by atoms with E-state index < -0.39 is 0 Å². The van der Waals surface area contributed by atoms with Gasteiger partial charge in [0.05, 0.1) is 18.2 Å². The fourth-order valence-corrected chi connectivity index (χ4v) is 2.82. The van der Waals surface area contributed by atoms with Gasteiger partial charge in [0, 0.05) is 26.6 Å². The fraction of sp³-hybridized carbons (Fsp3) is 0.364. The smallest absolute Gasteiger partial charge is 0.222 e. The Morgan fingerprint density at radius 1 is 1.15 bits per heavy atom. The lowest BCUT2D eigenvalue weighted by Gasteiger charge is -2.22. The van der Waals surface area contributed by atoms with Crippen LogP contribution in [0.1, 0.15) is 37.3 Å². The molecule has 4 heteroatoms. The van der Waals surface area contributed by atoms with Crippen LogP contribution in [0, 0.1) is 11.3 Å². The third kappa shape index (κ3) is 5.44. The Morgan fingerprint density at radius 2 is 1.88 bits per heavy atom. The van der Waals surface area contributed by atoms with Gasteiger partial charge in [-0.3, -0.25) is 4.79 Å². The Bertz CT molecular complexity index is 747. The fourth-order valence-electron chi connectivity index (χ4n) is 2.82. The lowest BCUT2D eigenvalue weighted by Crippen LogP contribution is -2.33. The summed E-state index contributed by atoms with van der Waals surface area (Å²) >= 11 is 0. The van der Waals surface area contributed by atoms with Crippen LogP contribution in [0.5, 0.6) is 0 Å². The Labute approximate surface area is 156 Å². The number of ether oxygens (including phenoxy) is 1. The van der Waals surface area contributed by atoms with E-state index in [1.807, 2.05) is 53.4 Å². The molecule has 0 bridgehead atoms. The van der Waals surface area contributed by atoms with Crippen LogP contribution in [0.3, 0.4) is 0 Å². The van der Waals surface area contributed by atoms with Crippen LogP contribution in [0.15, 0.2) is 48.5 Å². The highest BCUT2D eigenvalue weighted by atomic mass is 16.5. The first-order chi connectivity index (χ1) is 12.7. The average molecular weight is 350 g/mol. The van der Waals surface area contributed by atoms with Gasteiger partial charge in [0.15, 0.2) is 0 Å². The lowest BCUT2D eigenvalue weighted by molar-refractivity contribution is -0.132. The third-order valence-corrected chi connectivity index (χ3v) is 4.35. The van der Waals surface area contributed by atoms with Crippen molar-refractivity contribution in [3.63, 3.8) is 0 Å². The molecule has 0 fully saturated rings. The minimum absolute atomic E-state index is 0.169. The van der Waals surface area contributed by atoms with Crippen molar-refractivity contribution in [3.8, 4) is 17.2 Å². The summed E-state index contributed by atoms with van der Waals surface area (Å²) in [6.07, 6.45) is 2.50. The Balaban J connectivity index is 2.12. The lowest BCUT2D eigenvalue weighted by atomic mass is 9.99. The molecular weight excluding hydrogens is 324 g/mol. The summed E-state index contributed by atoms with van der Waals surface area (Å²) in [5, 5.41) is 9.26. The monoisotopic (exact) mass is 350 g/mol. The third-order valence-electron chi connectivity index (χ3n) is 4.35. The molecule has 0 saturated heterocycles. The van der Waals surface area contributed by atoms with Crippen molar-refractivity contribution in [3.05, 3.63) is 59.7 Å². The number of hydrogen-bond donors (Lipinski definition) is 0. The van der Waals surface area contributed by atoms with Gasteiger partial charge in [-0.15, -0.1) is 0 Å². The van der Waals surface area contributed by atoms with Crippen LogP contribution in [0.25, 0.3) is 11.1 Å². The largest absolute Gasteiger partial charge is 0.383 e. The van der Waals surface area contributed by atoms with Crippen LogP contribution in [-0.2, 0) is 16.1 Å². The predicted octanol–water partition coefficient (Wildman–Crippen LogP) is 4.39. The zero-order valence-electron chi connectivity index (χ0n) is 15.6. The molecule has 26 heavy (non-hydrogen) atoms. The second-order valence-electron chi connectivity index (χ2n) is 6.27. The molecular formula is C22H26N2O2. The number of amides is 1. The minimum Gasteiger partial charge on any atom is -0.383 e. The zero-order valence-corrected chi connectivity index (χ0v) is 15.6. The Kier molecular flexibility index (Phi) is 7.85. The number of methoxy groups -OCH3 is 1. The molecule has 0 aliphatic rings. The van der Waals surface area contributed by atoms with Crippen molar-refractivity contribution < 1.29 is 9.53 Å². The highest BCUT2D eigenvalue weighted by Gasteiger charge is 2.13. The quantitative estimate of drug-likeness (QED) is 0.674. The molecule has 0 spiro atoms. The summed E-state index contributed by atoms with van der Waals surface area (Å²) in [4.78, 5) is 14.3. The van der Waals surface area contributed by atoms with E-state index in [-0.39, 0.29) is 5.91 Å². The molecule has 2 aromatic carbocycles. The number of nitriles is 1. The molecule has 1 amide bonds. The van der Waals surface area contributed by atoms with Gasteiger partial charge in [-0.2, -0.15) is 5.26 Å². The number of unbranched alkanes of at least 4 members (excludes halogenated alkanes) is 1. The number of carbonyl (C=O) groups excluding carboxylic acids is 1. The van der Waals surface area contributed by atoms with Crippen molar-refractivity contribution >= 4 is 5.91 Å².